The molecule has 0 heterocycles. The summed E-state index contributed by atoms with van der Waals surface area (Å²) in [5, 5.41) is 10.6. The van der Waals surface area contributed by atoms with Gasteiger partial charge in [-0.2, -0.15) is 0 Å². The van der Waals surface area contributed by atoms with E-state index in [2.05, 4.69) is 0 Å². The van der Waals surface area contributed by atoms with Gasteiger partial charge in [0.1, 0.15) is 9.84 Å². The number of hydrogen-bond donors (Lipinski definition) is 1. The van der Waals surface area contributed by atoms with Crippen molar-refractivity contribution in [3.63, 3.8) is 0 Å². The second-order valence-corrected chi connectivity index (χ2v) is 6.70. The number of halogens is 2. The van der Waals surface area contributed by atoms with E-state index in [1.54, 1.807) is 12.1 Å². The number of hydrogen-bond acceptors (Lipinski definition) is 3. The highest BCUT2D eigenvalue weighted by Gasteiger charge is 2.14. The van der Waals surface area contributed by atoms with E-state index in [4.69, 9.17) is 23.2 Å². The summed E-state index contributed by atoms with van der Waals surface area (Å²) in [6.45, 7) is 0. The number of sulfone groups is 1. The first-order valence-corrected chi connectivity index (χ1v) is 7.42. The summed E-state index contributed by atoms with van der Waals surface area (Å²) in [4.78, 5) is 0. The van der Waals surface area contributed by atoms with E-state index >= 15 is 0 Å². The average Bonchev–Trinajstić information content (AvgIpc) is 2.13. The highest BCUT2D eigenvalue weighted by atomic mass is 35.5. The molecule has 1 atom stereocenters. The van der Waals surface area contributed by atoms with Crippen LogP contribution in [-0.2, 0) is 9.84 Å². The van der Waals surface area contributed by atoms with Gasteiger partial charge in [0.15, 0.2) is 0 Å². The molecule has 0 amide bonds. The van der Waals surface area contributed by atoms with Crippen molar-refractivity contribution < 1.29 is 13.5 Å². The second-order valence-electron chi connectivity index (χ2n) is 3.60. The second kappa shape index (κ2) is 5.36. The van der Waals surface area contributed by atoms with Gasteiger partial charge in [0, 0.05) is 16.3 Å². The zero-order valence-corrected chi connectivity index (χ0v) is 11.0. The first-order valence-electron chi connectivity index (χ1n) is 4.60. The zero-order valence-electron chi connectivity index (χ0n) is 8.65. The molecule has 1 N–H and O–H groups in total. The Bertz CT molecular complexity index is 471. The topological polar surface area (TPSA) is 54.4 Å². The van der Waals surface area contributed by atoms with Crippen molar-refractivity contribution in [3.05, 3.63) is 33.8 Å². The van der Waals surface area contributed by atoms with Gasteiger partial charge in [-0.05, 0) is 24.1 Å². The van der Waals surface area contributed by atoms with Gasteiger partial charge in [0.25, 0.3) is 0 Å². The molecule has 3 nitrogen and oxygen atoms in total. The van der Waals surface area contributed by atoms with E-state index in [0.29, 0.717) is 15.6 Å². The summed E-state index contributed by atoms with van der Waals surface area (Å²) in [5.41, 5.74) is 0.495. The van der Waals surface area contributed by atoms with E-state index in [-0.39, 0.29) is 12.2 Å². The van der Waals surface area contributed by atoms with Crippen LogP contribution in [-0.4, -0.2) is 25.5 Å². The third-order valence-corrected chi connectivity index (χ3v) is 3.62. The van der Waals surface area contributed by atoms with Crippen LogP contribution in [0, 0.1) is 0 Å². The summed E-state index contributed by atoms with van der Waals surface area (Å²) >= 11 is 11.6. The predicted molar refractivity (Wildman–Crippen MR) is 65.7 cm³/mol. The number of rotatable bonds is 4. The standard InChI is InChI=1S/C10H12Cl2O3S/c1-16(14,15)5-4-10(13)8-3-2-7(11)6-9(8)12/h2-3,6,10,13H,4-5H2,1H3. The van der Waals surface area contributed by atoms with Crippen LogP contribution in [0.2, 0.25) is 10.0 Å². The van der Waals surface area contributed by atoms with Crippen molar-refractivity contribution in [1.82, 2.24) is 0 Å². The lowest BCUT2D eigenvalue weighted by molar-refractivity contribution is 0.174. The molecule has 0 fully saturated rings. The molecule has 0 aromatic heterocycles. The van der Waals surface area contributed by atoms with Gasteiger partial charge in [-0.3, -0.25) is 0 Å². The fourth-order valence-electron chi connectivity index (χ4n) is 1.25. The first-order chi connectivity index (χ1) is 7.29. The SMILES string of the molecule is CS(=O)(=O)CCC(O)c1ccc(Cl)cc1Cl. The quantitative estimate of drug-likeness (QED) is 0.923. The van der Waals surface area contributed by atoms with E-state index in [1.807, 2.05) is 0 Å². The highest BCUT2D eigenvalue weighted by molar-refractivity contribution is 7.90. The van der Waals surface area contributed by atoms with Crippen LogP contribution in [0.1, 0.15) is 18.1 Å². The average molecular weight is 283 g/mol. The Morgan fingerprint density at radius 2 is 2.00 bits per heavy atom. The highest BCUT2D eigenvalue weighted by Crippen LogP contribution is 2.28. The molecule has 0 aliphatic rings. The maximum absolute atomic E-state index is 10.9. The van der Waals surface area contributed by atoms with E-state index in [0.717, 1.165) is 6.26 Å². The molecule has 1 aromatic carbocycles. The Morgan fingerprint density at radius 3 is 2.50 bits per heavy atom. The van der Waals surface area contributed by atoms with Crippen LogP contribution in [0.25, 0.3) is 0 Å². The van der Waals surface area contributed by atoms with Crippen molar-refractivity contribution in [1.29, 1.82) is 0 Å². The van der Waals surface area contributed by atoms with Gasteiger partial charge in [0.2, 0.25) is 0 Å². The molecule has 1 unspecified atom stereocenters. The maximum atomic E-state index is 10.9. The Labute approximate surface area is 105 Å². The van der Waals surface area contributed by atoms with Crippen molar-refractivity contribution in [2.24, 2.45) is 0 Å². The smallest absolute Gasteiger partial charge is 0.147 e. The summed E-state index contributed by atoms with van der Waals surface area (Å²) in [6, 6.07) is 4.71. The molecule has 16 heavy (non-hydrogen) atoms. The predicted octanol–water partition coefficient (Wildman–Crippen LogP) is 2.46. The van der Waals surface area contributed by atoms with E-state index in [1.165, 1.54) is 6.07 Å². The minimum Gasteiger partial charge on any atom is -0.388 e. The maximum Gasteiger partial charge on any atom is 0.147 e. The van der Waals surface area contributed by atoms with Crippen molar-refractivity contribution in [3.8, 4) is 0 Å². The molecule has 0 saturated heterocycles. The van der Waals surface area contributed by atoms with Crippen molar-refractivity contribution >= 4 is 33.0 Å². The van der Waals surface area contributed by atoms with Crippen LogP contribution in [0.3, 0.4) is 0 Å². The minimum absolute atomic E-state index is 0.0763. The molecule has 0 radical (unpaired) electrons. The van der Waals surface area contributed by atoms with Crippen molar-refractivity contribution in [2.75, 3.05) is 12.0 Å². The lowest BCUT2D eigenvalue weighted by Gasteiger charge is -2.12. The van der Waals surface area contributed by atoms with Crippen LogP contribution in [0.5, 0.6) is 0 Å². The monoisotopic (exact) mass is 282 g/mol. The molecule has 6 heteroatoms. The van der Waals surface area contributed by atoms with Gasteiger partial charge in [-0.1, -0.05) is 29.3 Å². The zero-order chi connectivity index (χ0) is 12.3. The largest absolute Gasteiger partial charge is 0.388 e. The Kier molecular flexibility index (Phi) is 4.62. The molecule has 0 bridgehead atoms. The third-order valence-electron chi connectivity index (χ3n) is 2.08. The third kappa shape index (κ3) is 4.29. The van der Waals surface area contributed by atoms with Crippen molar-refractivity contribution in [2.45, 2.75) is 12.5 Å². The van der Waals surface area contributed by atoms with Crippen LogP contribution < -0.4 is 0 Å². The van der Waals surface area contributed by atoms with Gasteiger partial charge < -0.3 is 5.11 Å². The molecule has 0 spiro atoms. The van der Waals surface area contributed by atoms with E-state index < -0.39 is 15.9 Å². The van der Waals surface area contributed by atoms with Gasteiger partial charge in [-0.25, -0.2) is 8.42 Å². The Balaban J connectivity index is 2.77. The summed E-state index contributed by atoms with van der Waals surface area (Å²) in [7, 11) is -3.08. The molecule has 0 aliphatic heterocycles. The van der Waals surface area contributed by atoms with E-state index in [9.17, 15) is 13.5 Å². The first kappa shape index (κ1) is 13.8. The van der Waals surface area contributed by atoms with Gasteiger partial charge >= 0.3 is 0 Å². The minimum atomic E-state index is -3.08. The summed E-state index contributed by atoms with van der Waals surface area (Å²) in [5.74, 6) is -0.0763. The lowest BCUT2D eigenvalue weighted by Crippen LogP contribution is -2.08. The molecule has 90 valence electrons. The van der Waals surface area contributed by atoms with Gasteiger partial charge in [0.05, 0.1) is 11.9 Å². The molecule has 1 aromatic rings. The number of benzene rings is 1. The van der Waals surface area contributed by atoms with Crippen LogP contribution >= 0.6 is 23.2 Å². The summed E-state index contributed by atoms with van der Waals surface area (Å²) in [6.07, 6.45) is 0.364. The number of aliphatic hydroxyl groups excluding tert-OH is 1. The van der Waals surface area contributed by atoms with Crippen LogP contribution in [0.15, 0.2) is 18.2 Å². The molecular weight excluding hydrogens is 271 g/mol. The van der Waals surface area contributed by atoms with Gasteiger partial charge in [-0.15, -0.1) is 0 Å². The summed E-state index contributed by atoms with van der Waals surface area (Å²) < 4.78 is 21.9. The normalized spacial score (nSPS) is 13.8. The molecule has 0 saturated carbocycles. The Morgan fingerprint density at radius 1 is 1.38 bits per heavy atom. The van der Waals surface area contributed by atoms with Crippen LogP contribution in [0.4, 0.5) is 0 Å². The lowest BCUT2D eigenvalue weighted by atomic mass is 10.1. The number of aliphatic hydroxyl groups is 1. The molecule has 1 rings (SSSR count). The fourth-order valence-corrected chi connectivity index (χ4v) is 2.44. The Hall–Kier alpha value is -0.290. The molecule has 0 aliphatic carbocycles. The fraction of sp³-hybridized carbons (Fsp3) is 0.400. The molecular formula is C10H12Cl2O3S.